The molecule has 0 radical (unpaired) electrons. The van der Waals surface area contributed by atoms with Gasteiger partial charge in [0, 0.05) is 19.6 Å². The third kappa shape index (κ3) is 4.37. The maximum Gasteiger partial charge on any atom is 0.249 e. The molecule has 0 N–H and O–H groups in total. The number of aryl methyl sites for hydroxylation is 1. The summed E-state index contributed by atoms with van der Waals surface area (Å²) in [7, 11) is 0. The molecule has 2 fully saturated rings. The molecule has 2 heterocycles. The molecule has 4 rings (SSSR count). The number of amides is 1. The molecule has 4 nitrogen and oxygen atoms in total. The summed E-state index contributed by atoms with van der Waals surface area (Å²) in [5.41, 5.74) is 2.31. The van der Waals surface area contributed by atoms with Gasteiger partial charge in [0.05, 0.1) is 12.1 Å². The van der Waals surface area contributed by atoms with Gasteiger partial charge >= 0.3 is 0 Å². The van der Waals surface area contributed by atoms with Gasteiger partial charge in [0.25, 0.3) is 0 Å². The van der Waals surface area contributed by atoms with Crippen LogP contribution in [0.2, 0.25) is 0 Å². The number of hydrogen-bond donors (Lipinski definition) is 0. The van der Waals surface area contributed by atoms with Crippen LogP contribution >= 0.6 is 0 Å². The van der Waals surface area contributed by atoms with Gasteiger partial charge in [0.1, 0.15) is 12.4 Å². The Hall–Kier alpha value is -2.24. The second-order valence-electron chi connectivity index (χ2n) is 7.41. The summed E-state index contributed by atoms with van der Waals surface area (Å²) in [5.74, 6) is -0.234. The average molecular weight is 368 g/mol. The van der Waals surface area contributed by atoms with Gasteiger partial charge in [-0.15, -0.1) is 0 Å². The quantitative estimate of drug-likeness (QED) is 0.786. The molecule has 2 aliphatic rings. The van der Waals surface area contributed by atoms with Crippen molar-refractivity contribution in [1.29, 1.82) is 0 Å². The molecule has 1 amide bonds. The van der Waals surface area contributed by atoms with Gasteiger partial charge in [-0.2, -0.15) is 0 Å². The van der Waals surface area contributed by atoms with Crippen LogP contribution < -0.4 is 0 Å². The lowest BCUT2D eigenvalue weighted by Gasteiger charge is -2.36. The monoisotopic (exact) mass is 368 g/mol. The third-order valence-corrected chi connectivity index (χ3v) is 5.50. The summed E-state index contributed by atoms with van der Waals surface area (Å²) in [5, 5.41) is 0. The molecule has 2 aromatic rings. The Morgan fingerprint density at radius 3 is 2.56 bits per heavy atom. The van der Waals surface area contributed by atoms with Gasteiger partial charge in [-0.1, -0.05) is 42.5 Å². The second-order valence-corrected chi connectivity index (χ2v) is 7.41. The van der Waals surface area contributed by atoms with Crippen molar-refractivity contribution in [1.82, 2.24) is 9.80 Å². The first-order chi connectivity index (χ1) is 13.2. The Kier molecular flexibility index (Phi) is 5.50. The van der Waals surface area contributed by atoms with Crippen molar-refractivity contribution in [3.63, 3.8) is 0 Å². The highest BCUT2D eigenvalue weighted by Crippen LogP contribution is 2.25. The number of benzene rings is 2. The number of fused-ring (bicyclic) bond motifs is 1. The van der Waals surface area contributed by atoms with Crippen LogP contribution in [0, 0.1) is 5.82 Å². The zero-order chi connectivity index (χ0) is 18.6. The predicted molar refractivity (Wildman–Crippen MR) is 102 cm³/mol. The molecule has 2 aromatic carbocycles. The van der Waals surface area contributed by atoms with E-state index >= 15 is 0 Å². The fourth-order valence-electron chi connectivity index (χ4n) is 4.07. The Labute approximate surface area is 159 Å². The lowest BCUT2D eigenvalue weighted by molar-refractivity contribution is -0.153. The maximum atomic E-state index is 13.1. The fraction of sp³-hybridized carbons (Fsp3) is 0.409. The molecular weight excluding hydrogens is 343 g/mol. The van der Waals surface area contributed by atoms with Crippen LogP contribution in [-0.2, 0) is 22.5 Å². The summed E-state index contributed by atoms with van der Waals surface area (Å²) in [4.78, 5) is 16.7. The van der Waals surface area contributed by atoms with Crippen LogP contribution in [0.5, 0.6) is 0 Å². The topological polar surface area (TPSA) is 32.8 Å². The molecule has 142 valence electrons. The van der Waals surface area contributed by atoms with Crippen LogP contribution in [0.15, 0.2) is 54.6 Å². The molecule has 0 saturated carbocycles. The number of likely N-dealkylation sites (tertiary alicyclic amines) is 1. The smallest absolute Gasteiger partial charge is 0.249 e. The third-order valence-electron chi connectivity index (χ3n) is 5.50. The standard InChI is InChI=1S/C22H25FN2O2/c23-19-10-8-18(9-11-19)13-25-20-14-24(15-21(20)27-16-22(25)26)12-4-7-17-5-2-1-3-6-17/h1-3,5-6,8-11,20-21H,4,7,12-16H2/t20-,21+/m1/s1. The number of carbonyl (C=O) groups excluding carboxylic acids is 1. The van der Waals surface area contributed by atoms with Crippen molar-refractivity contribution in [3.8, 4) is 0 Å². The molecule has 2 saturated heterocycles. The highest BCUT2D eigenvalue weighted by Gasteiger charge is 2.42. The van der Waals surface area contributed by atoms with Gasteiger partial charge in [0.2, 0.25) is 5.91 Å². The minimum absolute atomic E-state index is 0.0201. The minimum Gasteiger partial charge on any atom is -0.365 e. The number of carbonyl (C=O) groups is 1. The first-order valence-corrected chi connectivity index (χ1v) is 9.61. The van der Waals surface area contributed by atoms with Crippen LogP contribution in [0.25, 0.3) is 0 Å². The molecule has 0 aliphatic carbocycles. The molecule has 2 aliphatic heterocycles. The Bertz CT molecular complexity index is 766. The highest BCUT2D eigenvalue weighted by atomic mass is 19.1. The minimum atomic E-state index is -0.254. The number of ether oxygens (including phenoxy) is 1. The highest BCUT2D eigenvalue weighted by molar-refractivity contribution is 5.78. The lowest BCUT2D eigenvalue weighted by atomic mass is 10.1. The summed E-state index contributed by atoms with van der Waals surface area (Å²) in [6.45, 7) is 3.37. The van der Waals surface area contributed by atoms with E-state index in [4.69, 9.17) is 4.74 Å². The second kappa shape index (κ2) is 8.19. The van der Waals surface area contributed by atoms with E-state index in [0.29, 0.717) is 6.54 Å². The summed E-state index contributed by atoms with van der Waals surface area (Å²) >= 11 is 0. The molecule has 0 bridgehead atoms. The van der Waals surface area contributed by atoms with Crippen molar-refractivity contribution in [2.75, 3.05) is 26.2 Å². The average Bonchev–Trinajstić information content (AvgIpc) is 3.10. The first kappa shape index (κ1) is 18.1. The molecule has 0 aromatic heterocycles. The van der Waals surface area contributed by atoms with E-state index in [0.717, 1.165) is 38.0 Å². The SMILES string of the molecule is O=C1CO[C@H]2CN(CCCc3ccccc3)C[C@H]2N1Cc1ccc(F)cc1. The van der Waals surface area contributed by atoms with E-state index in [-0.39, 0.29) is 30.5 Å². The lowest BCUT2D eigenvalue weighted by Crippen LogP contribution is -2.53. The van der Waals surface area contributed by atoms with E-state index in [1.165, 1.54) is 17.7 Å². The normalized spacial score (nSPS) is 22.9. The molecule has 27 heavy (non-hydrogen) atoms. The van der Waals surface area contributed by atoms with Crippen molar-refractivity contribution in [2.45, 2.75) is 31.5 Å². The Morgan fingerprint density at radius 2 is 1.78 bits per heavy atom. The van der Waals surface area contributed by atoms with E-state index in [1.54, 1.807) is 12.1 Å². The van der Waals surface area contributed by atoms with Crippen LogP contribution in [-0.4, -0.2) is 54.1 Å². The maximum absolute atomic E-state index is 13.1. The number of halogens is 1. The van der Waals surface area contributed by atoms with Crippen molar-refractivity contribution >= 4 is 5.91 Å². The zero-order valence-corrected chi connectivity index (χ0v) is 15.4. The van der Waals surface area contributed by atoms with Crippen LogP contribution in [0.3, 0.4) is 0 Å². The molecule has 0 spiro atoms. The Balaban J connectivity index is 1.34. The predicted octanol–water partition coefficient (Wildman–Crippen LogP) is 2.87. The van der Waals surface area contributed by atoms with Gasteiger partial charge < -0.3 is 9.64 Å². The zero-order valence-electron chi connectivity index (χ0n) is 15.4. The number of rotatable bonds is 6. The summed E-state index contributed by atoms with van der Waals surface area (Å²) in [6, 6.07) is 17.0. The van der Waals surface area contributed by atoms with E-state index in [1.807, 2.05) is 11.0 Å². The largest absolute Gasteiger partial charge is 0.365 e. The van der Waals surface area contributed by atoms with Gasteiger partial charge in [-0.3, -0.25) is 9.69 Å². The molecule has 5 heteroatoms. The fourth-order valence-corrected chi connectivity index (χ4v) is 4.07. The van der Waals surface area contributed by atoms with Gasteiger partial charge in [-0.05, 0) is 42.6 Å². The van der Waals surface area contributed by atoms with E-state index in [9.17, 15) is 9.18 Å². The van der Waals surface area contributed by atoms with E-state index < -0.39 is 0 Å². The van der Waals surface area contributed by atoms with Crippen molar-refractivity contribution in [2.24, 2.45) is 0 Å². The van der Waals surface area contributed by atoms with Gasteiger partial charge in [-0.25, -0.2) is 4.39 Å². The Morgan fingerprint density at radius 1 is 1.00 bits per heavy atom. The van der Waals surface area contributed by atoms with Crippen molar-refractivity contribution in [3.05, 3.63) is 71.5 Å². The van der Waals surface area contributed by atoms with Crippen molar-refractivity contribution < 1.29 is 13.9 Å². The van der Waals surface area contributed by atoms with E-state index in [2.05, 4.69) is 29.2 Å². The van der Waals surface area contributed by atoms with Gasteiger partial charge in [0.15, 0.2) is 0 Å². The molecule has 0 unspecified atom stereocenters. The number of morpholine rings is 1. The van der Waals surface area contributed by atoms with Crippen LogP contribution in [0.1, 0.15) is 17.5 Å². The molecular formula is C22H25FN2O2. The number of nitrogens with zero attached hydrogens (tertiary/aromatic N) is 2. The summed E-state index contributed by atoms with van der Waals surface area (Å²) < 4.78 is 18.9. The van der Waals surface area contributed by atoms with Crippen LogP contribution in [0.4, 0.5) is 4.39 Å². The first-order valence-electron chi connectivity index (χ1n) is 9.61. The number of hydrogen-bond acceptors (Lipinski definition) is 3. The summed E-state index contributed by atoms with van der Waals surface area (Å²) in [6.07, 6.45) is 2.22. The molecule has 2 atom stereocenters.